The van der Waals surface area contributed by atoms with Gasteiger partial charge in [0.1, 0.15) is 0 Å². The first kappa shape index (κ1) is 14.9. The predicted molar refractivity (Wildman–Crippen MR) is 83.6 cm³/mol. The molecule has 1 saturated carbocycles. The molecule has 20 heavy (non-hydrogen) atoms. The first-order chi connectivity index (χ1) is 9.58. The lowest BCUT2D eigenvalue weighted by Crippen LogP contribution is -2.48. The van der Waals surface area contributed by atoms with Gasteiger partial charge >= 0.3 is 0 Å². The first-order valence-corrected chi connectivity index (χ1v) is 7.51. The Hall–Kier alpha value is -1.49. The molecule has 1 aliphatic carbocycles. The van der Waals surface area contributed by atoms with Gasteiger partial charge in [0.15, 0.2) is 0 Å². The average molecular weight is 291 g/mol. The monoisotopic (exact) mass is 291 g/mol. The Kier molecular flexibility index (Phi) is 5.06. The summed E-state index contributed by atoms with van der Waals surface area (Å²) in [4.78, 5) is 16.8. The maximum absolute atomic E-state index is 12.3. The molecular weight excluding hydrogens is 270 g/mol. The van der Waals surface area contributed by atoms with Gasteiger partial charge in [0.25, 0.3) is 5.91 Å². The van der Waals surface area contributed by atoms with Crippen LogP contribution in [0.25, 0.3) is 0 Å². The zero-order chi connectivity index (χ0) is 14.5. The van der Waals surface area contributed by atoms with Crippen LogP contribution < -0.4 is 11.1 Å². The number of nitrogens with two attached hydrogens (primary N) is 1. The summed E-state index contributed by atoms with van der Waals surface area (Å²) < 4.78 is 0. The van der Waals surface area contributed by atoms with Crippen molar-refractivity contribution in [3.63, 3.8) is 0 Å². The van der Waals surface area contributed by atoms with Crippen LogP contribution in [0.5, 0.6) is 0 Å². The molecule has 1 aromatic rings. The van der Waals surface area contributed by atoms with Crippen molar-refractivity contribution >= 4 is 23.1 Å². The molecule has 1 aromatic heterocycles. The number of aryl methyl sites for hydroxylation is 1. The molecule has 5 heteroatoms. The lowest BCUT2D eigenvalue weighted by Gasteiger charge is -2.30. The molecule has 1 heterocycles. The van der Waals surface area contributed by atoms with Crippen molar-refractivity contribution in [2.24, 2.45) is 11.7 Å². The van der Waals surface area contributed by atoms with Crippen LogP contribution >= 0.6 is 12.2 Å². The summed E-state index contributed by atoms with van der Waals surface area (Å²) in [5, 5.41) is 3.00. The molecule has 0 aliphatic heterocycles. The number of carbonyl (C=O) groups is 1. The molecule has 1 amide bonds. The standard InChI is InChI=1S/C15H21N3OS/c1-10-9-12(7-8-17-10)15(19)18-13(14(16)20)11-5-3-2-4-6-11/h7-9,11,13H,2-6H2,1H3,(H2,16,20)(H,18,19). The highest BCUT2D eigenvalue weighted by Gasteiger charge is 2.27. The van der Waals surface area contributed by atoms with E-state index >= 15 is 0 Å². The third-order valence-corrected chi connectivity index (χ3v) is 4.13. The molecule has 108 valence electrons. The Morgan fingerprint density at radius 1 is 1.45 bits per heavy atom. The number of hydrogen-bond acceptors (Lipinski definition) is 3. The minimum Gasteiger partial charge on any atom is -0.392 e. The maximum Gasteiger partial charge on any atom is 0.251 e. The van der Waals surface area contributed by atoms with Crippen molar-refractivity contribution in [3.8, 4) is 0 Å². The van der Waals surface area contributed by atoms with Crippen molar-refractivity contribution in [2.45, 2.75) is 45.1 Å². The van der Waals surface area contributed by atoms with Crippen molar-refractivity contribution < 1.29 is 4.79 Å². The van der Waals surface area contributed by atoms with Gasteiger partial charge in [0, 0.05) is 17.5 Å². The third kappa shape index (κ3) is 3.76. The Labute approximate surface area is 125 Å². The molecule has 0 aromatic carbocycles. The van der Waals surface area contributed by atoms with Crippen LogP contribution in [0.2, 0.25) is 0 Å². The fourth-order valence-corrected chi connectivity index (χ4v) is 3.05. The summed E-state index contributed by atoms with van der Waals surface area (Å²) in [6, 6.07) is 3.28. The topological polar surface area (TPSA) is 68.0 Å². The second-order valence-electron chi connectivity index (χ2n) is 5.44. The maximum atomic E-state index is 12.3. The van der Waals surface area contributed by atoms with E-state index in [2.05, 4.69) is 10.3 Å². The fraction of sp³-hybridized carbons (Fsp3) is 0.533. The molecule has 0 saturated heterocycles. The second kappa shape index (κ2) is 6.79. The highest BCUT2D eigenvalue weighted by Crippen LogP contribution is 2.26. The van der Waals surface area contributed by atoms with E-state index in [0.717, 1.165) is 18.5 Å². The molecule has 1 fully saturated rings. The zero-order valence-corrected chi connectivity index (χ0v) is 12.6. The van der Waals surface area contributed by atoms with Crippen molar-refractivity contribution in [3.05, 3.63) is 29.6 Å². The number of hydrogen-bond donors (Lipinski definition) is 2. The smallest absolute Gasteiger partial charge is 0.251 e. The highest BCUT2D eigenvalue weighted by atomic mass is 32.1. The van der Waals surface area contributed by atoms with E-state index in [0.29, 0.717) is 16.5 Å². The molecule has 0 radical (unpaired) electrons. The van der Waals surface area contributed by atoms with Gasteiger partial charge in [0.05, 0.1) is 11.0 Å². The molecule has 0 spiro atoms. The largest absolute Gasteiger partial charge is 0.392 e. The molecule has 0 bridgehead atoms. The number of aromatic nitrogens is 1. The summed E-state index contributed by atoms with van der Waals surface area (Å²) in [6.07, 6.45) is 7.44. The quantitative estimate of drug-likeness (QED) is 0.836. The van der Waals surface area contributed by atoms with Gasteiger partial charge in [-0.3, -0.25) is 9.78 Å². The van der Waals surface area contributed by atoms with E-state index in [1.165, 1.54) is 19.3 Å². The Morgan fingerprint density at radius 2 is 2.15 bits per heavy atom. The minimum atomic E-state index is -0.203. The number of thiocarbonyl (C=S) groups is 1. The van der Waals surface area contributed by atoms with Gasteiger partial charge in [-0.25, -0.2) is 0 Å². The van der Waals surface area contributed by atoms with Crippen LogP contribution in [0.3, 0.4) is 0 Å². The van der Waals surface area contributed by atoms with E-state index in [4.69, 9.17) is 18.0 Å². The highest BCUT2D eigenvalue weighted by molar-refractivity contribution is 7.80. The van der Waals surface area contributed by atoms with Crippen LogP contribution in [0, 0.1) is 12.8 Å². The number of carbonyl (C=O) groups excluding carboxylic acids is 1. The van der Waals surface area contributed by atoms with E-state index in [9.17, 15) is 4.79 Å². The van der Waals surface area contributed by atoms with Gasteiger partial charge in [-0.05, 0) is 37.8 Å². The van der Waals surface area contributed by atoms with Crippen LogP contribution in [0.4, 0.5) is 0 Å². The van der Waals surface area contributed by atoms with Crippen molar-refractivity contribution in [1.29, 1.82) is 0 Å². The Bertz CT molecular complexity index is 498. The van der Waals surface area contributed by atoms with E-state index in [-0.39, 0.29) is 11.9 Å². The Balaban J connectivity index is 2.07. The Morgan fingerprint density at radius 3 is 2.75 bits per heavy atom. The summed E-state index contributed by atoms with van der Waals surface area (Å²) >= 11 is 5.14. The second-order valence-corrected chi connectivity index (χ2v) is 5.91. The molecule has 2 rings (SSSR count). The van der Waals surface area contributed by atoms with Gasteiger partial charge in [0.2, 0.25) is 0 Å². The predicted octanol–water partition coefficient (Wildman–Crippen LogP) is 2.35. The molecule has 1 atom stereocenters. The zero-order valence-electron chi connectivity index (χ0n) is 11.8. The number of rotatable bonds is 4. The number of pyridine rings is 1. The van der Waals surface area contributed by atoms with Gasteiger partial charge in [-0.15, -0.1) is 0 Å². The van der Waals surface area contributed by atoms with Gasteiger partial charge in [-0.1, -0.05) is 31.5 Å². The average Bonchev–Trinajstić information content (AvgIpc) is 2.45. The SMILES string of the molecule is Cc1cc(C(=O)NC(C(N)=S)C2CCCCC2)ccn1. The summed E-state index contributed by atoms with van der Waals surface area (Å²) in [5.41, 5.74) is 7.26. The fourth-order valence-electron chi connectivity index (χ4n) is 2.80. The minimum absolute atomic E-state index is 0.126. The number of nitrogens with one attached hydrogen (secondary N) is 1. The molecular formula is C15H21N3OS. The van der Waals surface area contributed by atoms with Crippen molar-refractivity contribution in [2.75, 3.05) is 0 Å². The van der Waals surface area contributed by atoms with Crippen LogP contribution in [0.1, 0.15) is 48.2 Å². The summed E-state index contributed by atoms with van der Waals surface area (Å²) in [7, 11) is 0. The summed E-state index contributed by atoms with van der Waals surface area (Å²) in [5.74, 6) is 0.243. The van der Waals surface area contributed by atoms with E-state index in [1.807, 2.05) is 6.92 Å². The first-order valence-electron chi connectivity index (χ1n) is 7.11. The van der Waals surface area contributed by atoms with E-state index < -0.39 is 0 Å². The summed E-state index contributed by atoms with van der Waals surface area (Å²) in [6.45, 7) is 1.86. The lowest BCUT2D eigenvalue weighted by atomic mass is 9.83. The number of amides is 1. The third-order valence-electron chi connectivity index (χ3n) is 3.87. The molecule has 1 unspecified atom stereocenters. The van der Waals surface area contributed by atoms with Crippen molar-refractivity contribution in [1.82, 2.24) is 10.3 Å². The van der Waals surface area contributed by atoms with Gasteiger partial charge < -0.3 is 11.1 Å². The lowest BCUT2D eigenvalue weighted by molar-refractivity contribution is 0.0931. The normalized spacial score (nSPS) is 17.4. The molecule has 1 aliphatic rings. The van der Waals surface area contributed by atoms with Crippen LogP contribution in [-0.2, 0) is 0 Å². The molecule has 3 N–H and O–H groups in total. The molecule has 4 nitrogen and oxygen atoms in total. The van der Waals surface area contributed by atoms with Crippen LogP contribution in [-0.4, -0.2) is 21.9 Å². The van der Waals surface area contributed by atoms with Crippen LogP contribution in [0.15, 0.2) is 18.3 Å². The van der Waals surface area contributed by atoms with E-state index in [1.54, 1.807) is 18.3 Å². The number of nitrogens with zero attached hydrogens (tertiary/aromatic N) is 1. The van der Waals surface area contributed by atoms with Gasteiger partial charge in [-0.2, -0.15) is 0 Å².